The first-order chi connectivity index (χ1) is 12.1. The summed E-state index contributed by atoms with van der Waals surface area (Å²) < 4.78 is 6.77. The molecule has 0 N–H and O–H groups in total. The Labute approximate surface area is 145 Å². The van der Waals surface area contributed by atoms with E-state index in [1.54, 1.807) is 24.3 Å². The molecule has 0 saturated carbocycles. The van der Waals surface area contributed by atoms with Crippen LogP contribution in [0.2, 0.25) is 0 Å². The largest absolute Gasteiger partial charge is 0.456 e. The maximum atomic E-state index is 12.6. The molecule has 0 unspecified atom stereocenters. The van der Waals surface area contributed by atoms with E-state index in [1.807, 2.05) is 38.1 Å². The summed E-state index contributed by atoms with van der Waals surface area (Å²) in [7, 11) is 0. The van der Waals surface area contributed by atoms with Gasteiger partial charge >= 0.3 is 5.97 Å². The summed E-state index contributed by atoms with van der Waals surface area (Å²) in [6, 6.07) is 14.8. The molecule has 0 aliphatic carbocycles. The summed E-state index contributed by atoms with van der Waals surface area (Å²) in [4.78, 5) is 25.0. The smallest absolute Gasteiger partial charge is 0.359 e. The predicted octanol–water partition coefficient (Wildman–Crippen LogP) is 3.47. The molecule has 0 bridgehead atoms. The van der Waals surface area contributed by atoms with Crippen molar-refractivity contribution in [2.24, 2.45) is 0 Å². The normalized spacial score (nSPS) is 10.8. The number of esters is 1. The molecule has 0 spiro atoms. The number of aromatic nitrogens is 2. The number of fused-ring (bicyclic) bond motifs is 1. The van der Waals surface area contributed by atoms with Crippen molar-refractivity contribution in [3.05, 3.63) is 75.7 Å². The first-order valence-electron chi connectivity index (χ1n) is 8.32. The number of hydrogen-bond donors (Lipinski definition) is 0. The third-order valence-electron chi connectivity index (χ3n) is 3.95. The summed E-state index contributed by atoms with van der Waals surface area (Å²) in [6.45, 7) is 4.57. The van der Waals surface area contributed by atoms with E-state index in [4.69, 9.17) is 4.74 Å². The second kappa shape index (κ2) is 7.30. The molecule has 1 heterocycles. The maximum absolute atomic E-state index is 12.6. The van der Waals surface area contributed by atoms with Crippen molar-refractivity contribution in [1.29, 1.82) is 0 Å². The first-order valence-corrected chi connectivity index (χ1v) is 8.32. The van der Waals surface area contributed by atoms with Crippen molar-refractivity contribution in [2.45, 2.75) is 33.4 Å². The summed E-state index contributed by atoms with van der Waals surface area (Å²) in [6.07, 6.45) is 0.753. The van der Waals surface area contributed by atoms with Crippen molar-refractivity contribution >= 4 is 16.7 Å². The van der Waals surface area contributed by atoms with E-state index in [1.165, 1.54) is 4.68 Å². The minimum atomic E-state index is -0.525. The number of benzene rings is 2. The zero-order chi connectivity index (χ0) is 17.8. The zero-order valence-corrected chi connectivity index (χ0v) is 14.4. The van der Waals surface area contributed by atoms with Gasteiger partial charge in [-0.3, -0.25) is 4.79 Å². The Morgan fingerprint density at radius 1 is 1.12 bits per heavy atom. The number of nitrogens with zero attached hydrogens (tertiary/aromatic N) is 2. The molecular weight excluding hydrogens is 316 g/mol. The van der Waals surface area contributed by atoms with Gasteiger partial charge in [-0.2, -0.15) is 5.10 Å². The zero-order valence-electron chi connectivity index (χ0n) is 14.4. The van der Waals surface area contributed by atoms with Crippen LogP contribution in [0.4, 0.5) is 0 Å². The molecule has 25 heavy (non-hydrogen) atoms. The fourth-order valence-corrected chi connectivity index (χ4v) is 2.77. The van der Waals surface area contributed by atoms with Gasteiger partial charge in [-0.05, 0) is 25.0 Å². The van der Waals surface area contributed by atoms with Gasteiger partial charge in [0, 0.05) is 11.9 Å². The van der Waals surface area contributed by atoms with Gasteiger partial charge < -0.3 is 4.74 Å². The van der Waals surface area contributed by atoms with Crippen molar-refractivity contribution in [2.75, 3.05) is 0 Å². The molecule has 5 nitrogen and oxygen atoms in total. The molecule has 0 aliphatic rings. The average molecular weight is 336 g/mol. The Bertz CT molecular complexity index is 976. The number of aryl methyl sites for hydroxylation is 2. The fraction of sp³-hybridized carbons (Fsp3) is 0.250. The Morgan fingerprint density at radius 3 is 2.60 bits per heavy atom. The quantitative estimate of drug-likeness (QED) is 0.669. The van der Waals surface area contributed by atoms with Crippen LogP contribution in [0.5, 0.6) is 0 Å². The first kappa shape index (κ1) is 16.9. The van der Waals surface area contributed by atoms with E-state index in [0.717, 1.165) is 17.5 Å². The lowest BCUT2D eigenvalue weighted by molar-refractivity contribution is 0.0465. The fourth-order valence-electron chi connectivity index (χ4n) is 2.77. The van der Waals surface area contributed by atoms with Gasteiger partial charge in [-0.1, -0.05) is 55.0 Å². The molecule has 0 radical (unpaired) electrons. The molecule has 0 saturated heterocycles. The Balaban J connectivity index is 1.95. The molecule has 0 aliphatic heterocycles. The Morgan fingerprint density at radius 2 is 1.88 bits per heavy atom. The third kappa shape index (κ3) is 3.60. The Hall–Kier alpha value is -2.95. The van der Waals surface area contributed by atoms with Crippen LogP contribution in [-0.4, -0.2) is 15.7 Å². The number of carbonyl (C=O) groups is 1. The molecule has 0 amide bonds. The van der Waals surface area contributed by atoms with Crippen LogP contribution >= 0.6 is 0 Å². The third-order valence-corrected chi connectivity index (χ3v) is 3.95. The van der Waals surface area contributed by atoms with E-state index in [-0.39, 0.29) is 17.9 Å². The maximum Gasteiger partial charge on any atom is 0.359 e. The molecule has 0 fully saturated rings. The van der Waals surface area contributed by atoms with Crippen LogP contribution in [0.1, 0.15) is 35.0 Å². The lowest BCUT2D eigenvalue weighted by atomic mass is 10.1. The van der Waals surface area contributed by atoms with Crippen LogP contribution in [0, 0.1) is 6.92 Å². The number of carbonyl (C=O) groups excluding carboxylic acids is 1. The highest BCUT2D eigenvalue weighted by molar-refractivity contribution is 6.02. The molecule has 2 aromatic carbocycles. The summed E-state index contributed by atoms with van der Waals surface area (Å²) in [5, 5.41) is 5.25. The van der Waals surface area contributed by atoms with E-state index in [0.29, 0.717) is 17.3 Å². The lowest BCUT2D eigenvalue weighted by Gasteiger charge is -2.10. The lowest BCUT2D eigenvalue weighted by Crippen LogP contribution is -2.26. The van der Waals surface area contributed by atoms with Gasteiger partial charge in [0.25, 0.3) is 5.56 Å². The summed E-state index contributed by atoms with van der Waals surface area (Å²) >= 11 is 0. The molecule has 5 heteroatoms. The average Bonchev–Trinajstić information content (AvgIpc) is 2.62. The second-order valence-corrected chi connectivity index (χ2v) is 5.99. The standard InChI is InChI=1S/C20H20N2O3/c1-3-11-22-19(23)17-10-5-4-9-16(17)18(21-22)20(24)25-13-15-8-6-7-14(2)12-15/h4-10,12H,3,11,13H2,1-2H3. The van der Waals surface area contributed by atoms with E-state index >= 15 is 0 Å². The minimum Gasteiger partial charge on any atom is -0.456 e. The van der Waals surface area contributed by atoms with Crippen LogP contribution < -0.4 is 5.56 Å². The van der Waals surface area contributed by atoms with Crippen LogP contribution in [0.25, 0.3) is 10.8 Å². The van der Waals surface area contributed by atoms with Crippen molar-refractivity contribution in [3.63, 3.8) is 0 Å². The minimum absolute atomic E-state index is 0.170. The van der Waals surface area contributed by atoms with Crippen LogP contribution in [-0.2, 0) is 17.9 Å². The molecule has 3 aromatic rings. The number of hydrogen-bond acceptors (Lipinski definition) is 4. The molecule has 0 atom stereocenters. The topological polar surface area (TPSA) is 61.2 Å². The van der Waals surface area contributed by atoms with Crippen LogP contribution in [0.15, 0.2) is 53.3 Å². The van der Waals surface area contributed by atoms with Crippen molar-refractivity contribution < 1.29 is 9.53 Å². The molecule has 3 rings (SSSR count). The van der Waals surface area contributed by atoms with E-state index in [9.17, 15) is 9.59 Å². The Kier molecular flexibility index (Phi) is 4.93. The summed E-state index contributed by atoms with van der Waals surface area (Å²) in [5.41, 5.74) is 2.01. The van der Waals surface area contributed by atoms with Gasteiger partial charge in [0.05, 0.1) is 5.39 Å². The summed E-state index contributed by atoms with van der Waals surface area (Å²) in [5.74, 6) is -0.525. The SMILES string of the molecule is CCCn1nc(C(=O)OCc2cccc(C)c2)c2ccccc2c1=O. The molecule has 128 valence electrons. The van der Waals surface area contributed by atoms with Gasteiger partial charge in [0.2, 0.25) is 0 Å². The van der Waals surface area contributed by atoms with Crippen molar-refractivity contribution in [3.8, 4) is 0 Å². The monoisotopic (exact) mass is 336 g/mol. The van der Waals surface area contributed by atoms with Gasteiger partial charge in [0.1, 0.15) is 6.61 Å². The van der Waals surface area contributed by atoms with Gasteiger partial charge in [0.15, 0.2) is 5.69 Å². The van der Waals surface area contributed by atoms with E-state index in [2.05, 4.69) is 5.10 Å². The highest BCUT2D eigenvalue weighted by atomic mass is 16.5. The van der Waals surface area contributed by atoms with E-state index < -0.39 is 5.97 Å². The van der Waals surface area contributed by atoms with Crippen LogP contribution in [0.3, 0.4) is 0 Å². The number of ether oxygens (including phenoxy) is 1. The molecule has 1 aromatic heterocycles. The highest BCUT2D eigenvalue weighted by Crippen LogP contribution is 2.15. The van der Waals surface area contributed by atoms with Gasteiger partial charge in [-0.15, -0.1) is 0 Å². The van der Waals surface area contributed by atoms with Gasteiger partial charge in [-0.25, -0.2) is 9.48 Å². The van der Waals surface area contributed by atoms with Crippen molar-refractivity contribution in [1.82, 2.24) is 9.78 Å². The number of rotatable bonds is 5. The highest BCUT2D eigenvalue weighted by Gasteiger charge is 2.17. The predicted molar refractivity (Wildman–Crippen MR) is 96.6 cm³/mol. The second-order valence-electron chi connectivity index (χ2n) is 5.99. The molecular formula is C20H20N2O3.